The van der Waals surface area contributed by atoms with Crippen LogP contribution < -0.4 is 10.1 Å². The predicted molar refractivity (Wildman–Crippen MR) is 82.5 cm³/mol. The molecule has 3 rings (SSSR count). The molecule has 2 N–H and O–H groups in total. The first-order valence-electron chi connectivity index (χ1n) is 7.11. The van der Waals surface area contributed by atoms with Gasteiger partial charge in [0, 0.05) is 17.4 Å². The van der Waals surface area contributed by atoms with Gasteiger partial charge in [0.05, 0.1) is 0 Å². The van der Waals surface area contributed by atoms with Crippen molar-refractivity contribution in [2.75, 3.05) is 0 Å². The fourth-order valence-corrected chi connectivity index (χ4v) is 2.34. The van der Waals surface area contributed by atoms with Crippen LogP contribution in [0.15, 0.2) is 48.5 Å². The van der Waals surface area contributed by atoms with Gasteiger partial charge in [0.2, 0.25) is 0 Å². The molecular formula is C17H13F3N2O2. The monoisotopic (exact) mass is 334 g/mol. The van der Waals surface area contributed by atoms with E-state index in [1.807, 2.05) is 0 Å². The number of hydrogen-bond donors (Lipinski definition) is 2. The second-order valence-corrected chi connectivity index (χ2v) is 5.12. The third-order valence-electron chi connectivity index (χ3n) is 3.40. The fraction of sp³-hybridized carbons (Fsp3) is 0.118. The molecule has 0 aliphatic carbocycles. The van der Waals surface area contributed by atoms with Gasteiger partial charge in [0.15, 0.2) is 0 Å². The summed E-state index contributed by atoms with van der Waals surface area (Å²) in [5.74, 6) is -0.742. The lowest BCUT2D eigenvalue weighted by Gasteiger charge is -2.07. The molecule has 0 saturated heterocycles. The van der Waals surface area contributed by atoms with E-state index in [9.17, 15) is 18.0 Å². The number of ether oxygens (including phenoxy) is 1. The van der Waals surface area contributed by atoms with Gasteiger partial charge in [-0.1, -0.05) is 12.1 Å². The number of nitrogens with one attached hydrogen (secondary N) is 2. The third kappa shape index (κ3) is 3.68. The van der Waals surface area contributed by atoms with Gasteiger partial charge in [-0.3, -0.25) is 4.79 Å². The van der Waals surface area contributed by atoms with Crippen molar-refractivity contribution in [1.82, 2.24) is 10.3 Å². The number of benzene rings is 2. The molecule has 1 heterocycles. The number of carbonyl (C=O) groups is 1. The Bertz CT molecular complexity index is 877. The van der Waals surface area contributed by atoms with E-state index < -0.39 is 6.61 Å². The predicted octanol–water partition coefficient (Wildman–Crippen LogP) is 3.84. The summed E-state index contributed by atoms with van der Waals surface area (Å²) in [6.07, 6.45) is 0. The van der Waals surface area contributed by atoms with E-state index in [0.29, 0.717) is 16.5 Å². The normalized spacial score (nSPS) is 11.0. The standard InChI is InChI=1S/C17H13F3N2O2/c18-12-4-5-14-11(7-12)8-15(22-14)16(23)21-9-10-2-1-3-13(6-10)24-17(19)20/h1-8,17,22H,9H2,(H,21,23). The van der Waals surface area contributed by atoms with Gasteiger partial charge in [-0.25, -0.2) is 4.39 Å². The highest BCUT2D eigenvalue weighted by Crippen LogP contribution is 2.18. The zero-order valence-corrected chi connectivity index (χ0v) is 12.4. The largest absolute Gasteiger partial charge is 0.435 e. The Labute approximate surface area is 135 Å². The van der Waals surface area contributed by atoms with E-state index in [1.165, 1.54) is 24.3 Å². The van der Waals surface area contributed by atoms with E-state index in [2.05, 4.69) is 15.0 Å². The van der Waals surface area contributed by atoms with Gasteiger partial charge >= 0.3 is 6.61 Å². The third-order valence-corrected chi connectivity index (χ3v) is 3.40. The SMILES string of the molecule is O=C(NCc1cccc(OC(F)F)c1)c1cc2cc(F)ccc2[nH]1. The van der Waals surface area contributed by atoms with Crippen LogP contribution >= 0.6 is 0 Å². The van der Waals surface area contributed by atoms with Crippen molar-refractivity contribution in [2.45, 2.75) is 13.2 Å². The summed E-state index contributed by atoms with van der Waals surface area (Å²) in [5.41, 5.74) is 1.55. The average Bonchev–Trinajstić information content (AvgIpc) is 2.95. The van der Waals surface area contributed by atoms with Gasteiger partial charge in [-0.15, -0.1) is 0 Å². The van der Waals surface area contributed by atoms with Crippen molar-refractivity contribution in [3.63, 3.8) is 0 Å². The quantitative estimate of drug-likeness (QED) is 0.745. The molecule has 3 aromatic rings. The van der Waals surface area contributed by atoms with Crippen molar-refractivity contribution in [1.29, 1.82) is 0 Å². The maximum atomic E-state index is 13.2. The van der Waals surface area contributed by atoms with Crippen LogP contribution in [0.2, 0.25) is 0 Å². The van der Waals surface area contributed by atoms with Crippen molar-refractivity contribution in [2.24, 2.45) is 0 Å². The van der Waals surface area contributed by atoms with Crippen molar-refractivity contribution in [3.05, 3.63) is 65.6 Å². The number of H-pyrrole nitrogens is 1. The van der Waals surface area contributed by atoms with Gasteiger partial charge < -0.3 is 15.0 Å². The molecule has 0 aliphatic rings. The van der Waals surface area contributed by atoms with Crippen LogP contribution in [0.1, 0.15) is 16.1 Å². The number of amides is 1. The van der Waals surface area contributed by atoms with Crippen LogP contribution in [0, 0.1) is 5.82 Å². The molecule has 7 heteroatoms. The maximum absolute atomic E-state index is 13.2. The minimum absolute atomic E-state index is 0.0258. The number of alkyl halides is 2. The van der Waals surface area contributed by atoms with Crippen LogP contribution in [0.5, 0.6) is 5.75 Å². The van der Waals surface area contributed by atoms with E-state index in [1.54, 1.807) is 24.3 Å². The highest BCUT2D eigenvalue weighted by atomic mass is 19.3. The molecule has 0 unspecified atom stereocenters. The van der Waals surface area contributed by atoms with Gasteiger partial charge in [0.25, 0.3) is 5.91 Å². The lowest BCUT2D eigenvalue weighted by Crippen LogP contribution is -2.23. The second-order valence-electron chi connectivity index (χ2n) is 5.12. The molecular weight excluding hydrogens is 321 g/mol. The minimum Gasteiger partial charge on any atom is -0.435 e. The number of carbonyl (C=O) groups excluding carboxylic acids is 1. The first kappa shape index (κ1) is 15.9. The van der Waals surface area contributed by atoms with Crippen LogP contribution in [0.4, 0.5) is 13.2 Å². The van der Waals surface area contributed by atoms with Crippen LogP contribution in [-0.4, -0.2) is 17.5 Å². The topological polar surface area (TPSA) is 54.1 Å². The Morgan fingerprint density at radius 3 is 2.79 bits per heavy atom. The summed E-state index contributed by atoms with van der Waals surface area (Å²) in [6, 6.07) is 11.8. The molecule has 0 aliphatic heterocycles. The van der Waals surface area contributed by atoms with Crippen molar-refractivity contribution < 1.29 is 22.7 Å². The van der Waals surface area contributed by atoms with E-state index in [-0.39, 0.29) is 29.7 Å². The number of hydrogen-bond acceptors (Lipinski definition) is 2. The Balaban J connectivity index is 1.68. The molecule has 1 amide bonds. The van der Waals surface area contributed by atoms with Gasteiger partial charge in [0.1, 0.15) is 17.3 Å². The average molecular weight is 334 g/mol. The molecule has 4 nitrogen and oxygen atoms in total. The fourth-order valence-electron chi connectivity index (χ4n) is 2.34. The zero-order chi connectivity index (χ0) is 17.1. The molecule has 2 aromatic carbocycles. The Kier molecular flexibility index (Phi) is 4.41. The van der Waals surface area contributed by atoms with Crippen molar-refractivity contribution >= 4 is 16.8 Å². The molecule has 0 bridgehead atoms. The summed E-state index contributed by atoms with van der Waals surface area (Å²) in [4.78, 5) is 15.0. The summed E-state index contributed by atoms with van der Waals surface area (Å²) < 4.78 is 41.9. The zero-order valence-electron chi connectivity index (χ0n) is 12.4. The van der Waals surface area contributed by atoms with E-state index >= 15 is 0 Å². The number of rotatable bonds is 5. The summed E-state index contributed by atoms with van der Waals surface area (Å²) >= 11 is 0. The second kappa shape index (κ2) is 6.66. The highest BCUT2D eigenvalue weighted by molar-refractivity contribution is 5.97. The molecule has 1 aromatic heterocycles. The molecule has 24 heavy (non-hydrogen) atoms. The first-order valence-corrected chi connectivity index (χ1v) is 7.11. The molecule has 0 fully saturated rings. The maximum Gasteiger partial charge on any atom is 0.387 e. The van der Waals surface area contributed by atoms with Gasteiger partial charge in [-0.05, 0) is 42.0 Å². The smallest absolute Gasteiger partial charge is 0.387 e. The minimum atomic E-state index is -2.90. The summed E-state index contributed by atoms with van der Waals surface area (Å²) in [6.45, 7) is -2.76. The molecule has 0 atom stereocenters. The first-order chi connectivity index (χ1) is 11.5. The number of aromatic amines is 1. The Hall–Kier alpha value is -2.96. The number of halogens is 3. The van der Waals surface area contributed by atoms with Crippen LogP contribution in [-0.2, 0) is 6.54 Å². The summed E-state index contributed by atoms with van der Waals surface area (Å²) in [7, 11) is 0. The Morgan fingerprint density at radius 1 is 1.17 bits per heavy atom. The molecule has 0 saturated carbocycles. The molecule has 124 valence electrons. The van der Waals surface area contributed by atoms with E-state index in [0.717, 1.165) is 0 Å². The Morgan fingerprint density at radius 2 is 2.00 bits per heavy atom. The van der Waals surface area contributed by atoms with Crippen LogP contribution in [0.3, 0.4) is 0 Å². The lowest BCUT2D eigenvalue weighted by atomic mass is 10.2. The number of fused-ring (bicyclic) bond motifs is 1. The molecule has 0 spiro atoms. The lowest BCUT2D eigenvalue weighted by molar-refractivity contribution is -0.0498. The van der Waals surface area contributed by atoms with E-state index in [4.69, 9.17) is 0 Å². The van der Waals surface area contributed by atoms with Crippen molar-refractivity contribution in [3.8, 4) is 5.75 Å². The highest BCUT2D eigenvalue weighted by Gasteiger charge is 2.10. The summed E-state index contributed by atoms with van der Waals surface area (Å²) in [5, 5.41) is 3.25. The van der Waals surface area contributed by atoms with Gasteiger partial charge in [-0.2, -0.15) is 8.78 Å². The van der Waals surface area contributed by atoms with Crippen LogP contribution in [0.25, 0.3) is 10.9 Å². The number of aromatic nitrogens is 1. The molecule has 0 radical (unpaired) electrons.